The number of carboxylic acid groups (broad SMARTS) is 1. The average molecular weight is 414 g/mol. The van der Waals surface area contributed by atoms with Gasteiger partial charge in [-0.05, 0) is 38.5 Å². The van der Waals surface area contributed by atoms with Gasteiger partial charge in [-0.3, -0.25) is 9.59 Å². The van der Waals surface area contributed by atoms with Gasteiger partial charge in [0.15, 0.2) is 0 Å². The minimum absolute atomic E-state index is 0.0869. The summed E-state index contributed by atoms with van der Waals surface area (Å²) in [6.07, 6.45) is 0. The molecule has 0 atom stereocenters. The highest BCUT2D eigenvalue weighted by atomic mass is 32.1. The van der Waals surface area contributed by atoms with E-state index in [0.717, 1.165) is 32.0 Å². The zero-order valence-corrected chi connectivity index (χ0v) is 17.2. The third-order valence-electron chi connectivity index (χ3n) is 4.15. The van der Waals surface area contributed by atoms with Crippen molar-refractivity contribution in [2.75, 3.05) is 25.0 Å². The summed E-state index contributed by atoms with van der Waals surface area (Å²) in [4.78, 5) is 33.4. The van der Waals surface area contributed by atoms with Crippen LogP contribution in [0.1, 0.15) is 17.6 Å². The van der Waals surface area contributed by atoms with Gasteiger partial charge in [0.05, 0.1) is 18.5 Å². The Hall–Kier alpha value is -3.20. The molecule has 29 heavy (non-hydrogen) atoms. The minimum Gasteiger partial charge on any atom is -0.494 e. The molecule has 1 aromatic carbocycles. The maximum atomic E-state index is 11.9. The van der Waals surface area contributed by atoms with Crippen molar-refractivity contribution in [1.82, 2.24) is 15.3 Å². The van der Waals surface area contributed by atoms with Gasteiger partial charge in [0.25, 0.3) is 0 Å². The highest BCUT2D eigenvalue weighted by Crippen LogP contribution is 2.41. The molecule has 2 heterocycles. The van der Waals surface area contributed by atoms with E-state index in [1.54, 1.807) is 18.3 Å². The van der Waals surface area contributed by atoms with Crippen molar-refractivity contribution in [3.63, 3.8) is 0 Å². The van der Waals surface area contributed by atoms with Crippen LogP contribution in [0.25, 0.3) is 21.3 Å². The second-order valence-corrected chi connectivity index (χ2v) is 7.52. The van der Waals surface area contributed by atoms with Gasteiger partial charge in [-0.15, -0.1) is 11.3 Å². The molecule has 3 N–H and O–H groups in total. The molecule has 3 aromatic rings. The third-order valence-corrected chi connectivity index (χ3v) is 5.15. The van der Waals surface area contributed by atoms with Crippen molar-refractivity contribution < 1.29 is 19.4 Å². The molecular weight excluding hydrogens is 392 g/mol. The van der Waals surface area contributed by atoms with Gasteiger partial charge in [0, 0.05) is 10.4 Å². The van der Waals surface area contributed by atoms with Crippen LogP contribution in [0.3, 0.4) is 0 Å². The first-order valence-electron chi connectivity index (χ1n) is 9.12. The normalized spacial score (nSPS) is 10.7. The molecule has 0 saturated carbocycles. The van der Waals surface area contributed by atoms with Crippen molar-refractivity contribution >= 4 is 39.2 Å². The van der Waals surface area contributed by atoms with Crippen LogP contribution >= 0.6 is 11.3 Å². The fourth-order valence-electron chi connectivity index (χ4n) is 2.98. The molecule has 8 nitrogen and oxygen atoms in total. The lowest BCUT2D eigenvalue weighted by Gasteiger charge is -2.10. The van der Waals surface area contributed by atoms with Gasteiger partial charge in [-0.1, -0.05) is 12.1 Å². The van der Waals surface area contributed by atoms with E-state index >= 15 is 0 Å². The number of carbonyl (C=O) groups is 2. The maximum absolute atomic E-state index is 11.9. The van der Waals surface area contributed by atoms with Gasteiger partial charge in [0.2, 0.25) is 5.91 Å². The summed E-state index contributed by atoms with van der Waals surface area (Å²) >= 11 is 1.56. The zero-order valence-electron chi connectivity index (χ0n) is 16.4. The van der Waals surface area contributed by atoms with Gasteiger partial charge in [0.1, 0.15) is 28.8 Å². The van der Waals surface area contributed by atoms with Gasteiger partial charge < -0.3 is 20.5 Å². The number of anilines is 1. The Balaban J connectivity index is 1.95. The summed E-state index contributed by atoms with van der Waals surface area (Å²) in [6.45, 7) is 5.85. The second kappa shape index (κ2) is 8.87. The fraction of sp³-hybridized carbons (Fsp3) is 0.300. The van der Waals surface area contributed by atoms with Crippen LogP contribution in [0.5, 0.6) is 5.75 Å². The number of aliphatic carboxylic acids is 1. The number of thiophene rings is 1. The number of fused-ring (bicyclic) bond motifs is 1. The SMILES string of the molecule is CCOc1ccc(-c2c(C)sc3nc(C)nc(NCC(=O)NCC(=O)O)c23)cc1. The van der Waals surface area contributed by atoms with E-state index in [1.807, 2.05) is 38.1 Å². The van der Waals surface area contributed by atoms with Crippen LogP contribution in [0.2, 0.25) is 0 Å². The summed E-state index contributed by atoms with van der Waals surface area (Å²) in [5.41, 5.74) is 2.00. The van der Waals surface area contributed by atoms with Gasteiger partial charge in [-0.25, -0.2) is 9.97 Å². The predicted octanol–water partition coefficient (Wildman–Crippen LogP) is 2.99. The summed E-state index contributed by atoms with van der Waals surface area (Å²) in [6, 6.07) is 7.82. The number of hydrogen-bond acceptors (Lipinski definition) is 7. The number of rotatable bonds is 8. The Morgan fingerprint density at radius 3 is 2.52 bits per heavy atom. The van der Waals surface area contributed by atoms with Gasteiger partial charge >= 0.3 is 5.97 Å². The monoisotopic (exact) mass is 414 g/mol. The molecular formula is C20H22N4O4S. The lowest BCUT2D eigenvalue weighted by Crippen LogP contribution is -2.34. The summed E-state index contributed by atoms with van der Waals surface area (Å²) in [5.74, 6) is 0.418. The topological polar surface area (TPSA) is 113 Å². The fourth-order valence-corrected chi connectivity index (χ4v) is 4.07. The highest BCUT2D eigenvalue weighted by Gasteiger charge is 2.18. The quantitative estimate of drug-likeness (QED) is 0.519. The summed E-state index contributed by atoms with van der Waals surface area (Å²) in [5, 5.41) is 14.9. The van der Waals surface area contributed by atoms with Crippen molar-refractivity contribution in [2.45, 2.75) is 20.8 Å². The molecule has 0 fully saturated rings. The first-order chi connectivity index (χ1) is 13.9. The number of benzene rings is 1. The zero-order chi connectivity index (χ0) is 21.0. The Morgan fingerprint density at radius 2 is 1.86 bits per heavy atom. The molecule has 0 aliphatic carbocycles. The molecule has 0 radical (unpaired) electrons. The van der Waals surface area contributed by atoms with E-state index in [-0.39, 0.29) is 6.54 Å². The molecule has 0 aliphatic rings. The second-order valence-electron chi connectivity index (χ2n) is 6.31. The summed E-state index contributed by atoms with van der Waals surface area (Å²) in [7, 11) is 0. The van der Waals surface area contributed by atoms with E-state index in [0.29, 0.717) is 18.2 Å². The van der Waals surface area contributed by atoms with E-state index in [4.69, 9.17) is 9.84 Å². The number of aryl methyl sites for hydroxylation is 2. The van der Waals surface area contributed by atoms with Crippen LogP contribution in [0, 0.1) is 13.8 Å². The molecule has 2 aromatic heterocycles. The summed E-state index contributed by atoms with van der Waals surface area (Å²) < 4.78 is 5.52. The molecule has 152 valence electrons. The Bertz CT molecular complexity index is 1050. The number of carbonyl (C=O) groups excluding carboxylic acids is 1. The molecule has 0 bridgehead atoms. The largest absolute Gasteiger partial charge is 0.494 e. The Morgan fingerprint density at radius 1 is 1.14 bits per heavy atom. The smallest absolute Gasteiger partial charge is 0.322 e. The van der Waals surface area contributed by atoms with Crippen molar-refractivity contribution in [2.24, 2.45) is 0 Å². The number of carboxylic acids is 1. The van der Waals surface area contributed by atoms with Crippen molar-refractivity contribution in [1.29, 1.82) is 0 Å². The van der Waals surface area contributed by atoms with E-state index in [2.05, 4.69) is 20.6 Å². The molecule has 0 aliphatic heterocycles. The molecule has 3 rings (SSSR count). The number of nitrogens with one attached hydrogen (secondary N) is 2. The van der Waals surface area contributed by atoms with E-state index in [1.165, 1.54) is 0 Å². The van der Waals surface area contributed by atoms with Crippen molar-refractivity contribution in [3.8, 4) is 16.9 Å². The standard InChI is InChI=1S/C20H22N4O4S/c1-4-28-14-7-5-13(6-8-14)17-11(2)29-20-18(17)19(23-12(3)24-20)22-9-15(25)21-10-16(26)27/h5-8H,4,9-10H2,1-3H3,(H,21,25)(H,26,27)(H,22,23,24). The molecule has 1 amide bonds. The Labute approximate surface area is 171 Å². The lowest BCUT2D eigenvalue weighted by molar-refractivity contribution is -0.137. The van der Waals surface area contributed by atoms with Crippen LogP contribution in [0.15, 0.2) is 24.3 Å². The number of amides is 1. The number of aromatic nitrogens is 2. The highest BCUT2D eigenvalue weighted by molar-refractivity contribution is 7.19. The average Bonchev–Trinajstić information content (AvgIpc) is 3.01. The number of nitrogens with zero attached hydrogens (tertiary/aromatic N) is 2. The molecule has 0 unspecified atom stereocenters. The molecule has 0 saturated heterocycles. The van der Waals surface area contributed by atoms with Gasteiger partial charge in [-0.2, -0.15) is 0 Å². The lowest BCUT2D eigenvalue weighted by atomic mass is 10.0. The Kier molecular flexibility index (Phi) is 6.28. The van der Waals surface area contributed by atoms with E-state index < -0.39 is 18.4 Å². The van der Waals surface area contributed by atoms with Crippen LogP contribution in [-0.2, 0) is 9.59 Å². The first kappa shape index (κ1) is 20.5. The van der Waals surface area contributed by atoms with Crippen LogP contribution in [-0.4, -0.2) is 46.6 Å². The minimum atomic E-state index is -1.09. The molecule has 9 heteroatoms. The maximum Gasteiger partial charge on any atom is 0.322 e. The van der Waals surface area contributed by atoms with Crippen molar-refractivity contribution in [3.05, 3.63) is 35.0 Å². The third kappa shape index (κ3) is 4.80. The molecule has 0 spiro atoms. The van der Waals surface area contributed by atoms with Crippen LogP contribution < -0.4 is 15.4 Å². The number of hydrogen-bond donors (Lipinski definition) is 3. The van der Waals surface area contributed by atoms with E-state index in [9.17, 15) is 9.59 Å². The first-order valence-corrected chi connectivity index (χ1v) is 9.94. The predicted molar refractivity (Wildman–Crippen MR) is 113 cm³/mol. The van der Waals surface area contributed by atoms with Crippen LogP contribution in [0.4, 0.5) is 5.82 Å². The number of ether oxygens (including phenoxy) is 1.